The van der Waals surface area contributed by atoms with Gasteiger partial charge in [0, 0.05) is 24.5 Å². The van der Waals surface area contributed by atoms with Gasteiger partial charge in [-0.05, 0) is 51.7 Å². The molecule has 4 aromatic carbocycles. The van der Waals surface area contributed by atoms with Gasteiger partial charge < -0.3 is 9.30 Å². The Morgan fingerprint density at radius 3 is 2.40 bits per heavy atom. The summed E-state index contributed by atoms with van der Waals surface area (Å²) in [6.45, 7) is 0.767. The lowest BCUT2D eigenvalue weighted by atomic mass is 10.00. The molecule has 30 heavy (non-hydrogen) atoms. The summed E-state index contributed by atoms with van der Waals surface area (Å²) in [5.74, 6) is 1.77. The first kappa shape index (κ1) is 18.2. The zero-order valence-corrected chi connectivity index (χ0v) is 16.8. The normalized spacial score (nSPS) is 11.0. The Morgan fingerprint density at radius 2 is 1.53 bits per heavy atom. The number of hydrogen-bond donors (Lipinski definition) is 0. The van der Waals surface area contributed by atoms with Crippen molar-refractivity contribution >= 4 is 10.8 Å². The third kappa shape index (κ3) is 3.58. The van der Waals surface area contributed by atoms with Crippen LogP contribution in [0, 0.1) is 0 Å². The third-order valence-corrected chi connectivity index (χ3v) is 5.41. The van der Waals surface area contributed by atoms with Gasteiger partial charge in [-0.15, -0.1) is 0 Å². The minimum atomic E-state index is 0.767. The van der Waals surface area contributed by atoms with E-state index in [4.69, 9.17) is 4.74 Å². The molecule has 0 radical (unpaired) electrons. The number of rotatable bonds is 5. The highest BCUT2D eigenvalue weighted by molar-refractivity contribution is 5.87. The number of hydrogen-bond acceptors (Lipinski definition) is 2. The largest absolute Gasteiger partial charge is 0.497 e. The molecule has 0 aliphatic carbocycles. The van der Waals surface area contributed by atoms with Crippen molar-refractivity contribution in [3.63, 3.8) is 0 Å². The van der Waals surface area contributed by atoms with E-state index in [9.17, 15) is 0 Å². The average Bonchev–Trinajstić information content (AvgIpc) is 3.27. The van der Waals surface area contributed by atoms with E-state index in [1.54, 1.807) is 7.11 Å². The molecule has 0 spiro atoms. The summed E-state index contributed by atoms with van der Waals surface area (Å²) in [5, 5.41) is 2.49. The van der Waals surface area contributed by atoms with E-state index in [2.05, 4.69) is 76.3 Å². The molecule has 0 aliphatic heterocycles. The fraction of sp³-hybridized carbons (Fsp3) is 0.0741. The Hall–Kier alpha value is -3.85. The van der Waals surface area contributed by atoms with Crippen molar-refractivity contribution in [1.82, 2.24) is 9.55 Å². The molecule has 0 saturated heterocycles. The van der Waals surface area contributed by atoms with E-state index in [0.717, 1.165) is 23.7 Å². The summed E-state index contributed by atoms with van der Waals surface area (Å²) in [6, 6.07) is 31.9. The molecule has 0 saturated carbocycles. The smallest absolute Gasteiger partial charge is 0.140 e. The highest BCUT2D eigenvalue weighted by Gasteiger charge is 2.08. The minimum absolute atomic E-state index is 0.767. The van der Waals surface area contributed by atoms with Gasteiger partial charge in [0.15, 0.2) is 0 Å². The molecule has 3 heteroatoms. The van der Waals surface area contributed by atoms with Gasteiger partial charge in [0.1, 0.15) is 11.6 Å². The summed E-state index contributed by atoms with van der Waals surface area (Å²) in [4.78, 5) is 4.57. The van der Waals surface area contributed by atoms with Crippen LogP contribution in [0.3, 0.4) is 0 Å². The van der Waals surface area contributed by atoms with E-state index in [1.165, 1.54) is 27.5 Å². The molecule has 1 heterocycles. The van der Waals surface area contributed by atoms with Crippen LogP contribution >= 0.6 is 0 Å². The maximum atomic E-state index is 5.36. The lowest BCUT2D eigenvalue weighted by Crippen LogP contribution is -2.01. The van der Waals surface area contributed by atoms with Crippen LogP contribution in [-0.2, 0) is 6.54 Å². The van der Waals surface area contributed by atoms with Gasteiger partial charge in [0.05, 0.1) is 7.11 Å². The summed E-state index contributed by atoms with van der Waals surface area (Å²) >= 11 is 0. The molecule has 1 aromatic heterocycles. The van der Waals surface area contributed by atoms with Gasteiger partial charge in [-0.25, -0.2) is 4.98 Å². The molecule has 0 aliphatic rings. The predicted octanol–water partition coefficient (Wildman–Crippen LogP) is 6.43. The second kappa shape index (κ2) is 7.88. The highest BCUT2D eigenvalue weighted by Crippen LogP contribution is 2.27. The maximum absolute atomic E-state index is 5.36. The molecule has 146 valence electrons. The Bertz CT molecular complexity index is 1310. The summed E-state index contributed by atoms with van der Waals surface area (Å²) in [6.07, 6.45) is 3.87. The Morgan fingerprint density at radius 1 is 0.733 bits per heavy atom. The second-order valence-electron chi connectivity index (χ2n) is 7.37. The van der Waals surface area contributed by atoms with Crippen molar-refractivity contribution in [2.45, 2.75) is 6.54 Å². The van der Waals surface area contributed by atoms with Crippen LogP contribution < -0.4 is 4.74 Å². The summed E-state index contributed by atoms with van der Waals surface area (Å²) < 4.78 is 7.54. The topological polar surface area (TPSA) is 27.1 Å². The Kier molecular flexibility index (Phi) is 4.78. The number of methoxy groups -OCH3 is 1. The fourth-order valence-corrected chi connectivity index (χ4v) is 3.86. The zero-order chi connectivity index (χ0) is 20.3. The third-order valence-electron chi connectivity index (χ3n) is 5.41. The van der Waals surface area contributed by atoms with Crippen molar-refractivity contribution in [3.8, 4) is 28.3 Å². The molecule has 0 atom stereocenters. The van der Waals surface area contributed by atoms with Crippen molar-refractivity contribution in [2.24, 2.45) is 0 Å². The van der Waals surface area contributed by atoms with Crippen LogP contribution in [0.4, 0.5) is 0 Å². The molecule has 5 rings (SSSR count). The van der Waals surface area contributed by atoms with Crippen LogP contribution in [-0.4, -0.2) is 16.7 Å². The molecule has 0 amide bonds. The SMILES string of the molecule is COc1cccc(-c2nccn2Cc2ccc3cc(-c4ccccc4)ccc3c2)c1. The molecular weight excluding hydrogens is 368 g/mol. The van der Waals surface area contributed by atoms with Gasteiger partial charge in [0.2, 0.25) is 0 Å². The average molecular weight is 390 g/mol. The van der Waals surface area contributed by atoms with Crippen LogP contribution in [0.1, 0.15) is 5.56 Å². The van der Waals surface area contributed by atoms with Gasteiger partial charge in [-0.3, -0.25) is 0 Å². The number of imidazole rings is 1. The number of benzene rings is 4. The molecule has 3 nitrogen and oxygen atoms in total. The van der Waals surface area contributed by atoms with Gasteiger partial charge in [-0.2, -0.15) is 0 Å². The minimum Gasteiger partial charge on any atom is -0.497 e. The van der Waals surface area contributed by atoms with Crippen molar-refractivity contribution in [1.29, 1.82) is 0 Å². The molecule has 5 aromatic rings. The van der Waals surface area contributed by atoms with Crippen molar-refractivity contribution < 1.29 is 4.74 Å². The lowest BCUT2D eigenvalue weighted by molar-refractivity contribution is 0.415. The van der Waals surface area contributed by atoms with Crippen LogP contribution in [0.2, 0.25) is 0 Å². The number of nitrogens with zero attached hydrogens (tertiary/aromatic N) is 2. The first-order valence-corrected chi connectivity index (χ1v) is 10.0. The number of fused-ring (bicyclic) bond motifs is 1. The predicted molar refractivity (Wildman–Crippen MR) is 123 cm³/mol. The van der Waals surface area contributed by atoms with Crippen LogP contribution in [0.25, 0.3) is 33.3 Å². The van der Waals surface area contributed by atoms with E-state index in [-0.39, 0.29) is 0 Å². The zero-order valence-electron chi connectivity index (χ0n) is 16.8. The van der Waals surface area contributed by atoms with E-state index in [0.29, 0.717) is 0 Å². The van der Waals surface area contributed by atoms with Crippen LogP contribution in [0.15, 0.2) is 103 Å². The Labute approximate surface area is 176 Å². The molecule has 0 fully saturated rings. The number of ether oxygens (including phenoxy) is 1. The molecule has 0 bridgehead atoms. The van der Waals surface area contributed by atoms with Crippen molar-refractivity contribution in [3.05, 3.63) is 109 Å². The van der Waals surface area contributed by atoms with Gasteiger partial charge in [-0.1, -0.05) is 66.7 Å². The number of aromatic nitrogens is 2. The Balaban J connectivity index is 1.45. The monoisotopic (exact) mass is 390 g/mol. The van der Waals surface area contributed by atoms with Gasteiger partial charge in [0.25, 0.3) is 0 Å². The maximum Gasteiger partial charge on any atom is 0.140 e. The van der Waals surface area contributed by atoms with E-state index < -0.39 is 0 Å². The van der Waals surface area contributed by atoms with Crippen molar-refractivity contribution in [2.75, 3.05) is 7.11 Å². The van der Waals surface area contributed by atoms with E-state index >= 15 is 0 Å². The van der Waals surface area contributed by atoms with E-state index in [1.807, 2.05) is 36.7 Å². The van der Waals surface area contributed by atoms with Crippen LogP contribution in [0.5, 0.6) is 5.75 Å². The summed E-state index contributed by atoms with van der Waals surface area (Å²) in [7, 11) is 1.68. The van der Waals surface area contributed by atoms with Gasteiger partial charge >= 0.3 is 0 Å². The standard InChI is InChI=1S/C27H22N2O/c1-30-26-9-5-8-25(18-26)27-28-14-15-29(27)19-20-10-11-24-17-23(13-12-22(24)16-20)21-6-3-2-4-7-21/h2-18H,19H2,1H3. The quantitative estimate of drug-likeness (QED) is 0.346. The molecular formula is C27H22N2O. The summed E-state index contributed by atoms with van der Waals surface area (Å²) in [5.41, 5.74) is 4.78. The molecule has 0 unspecified atom stereocenters. The lowest BCUT2D eigenvalue weighted by Gasteiger charge is -2.11. The first-order valence-electron chi connectivity index (χ1n) is 10.0. The highest BCUT2D eigenvalue weighted by atomic mass is 16.5. The fourth-order valence-electron chi connectivity index (χ4n) is 3.86. The molecule has 0 N–H and O–H groups in total. The first-order chi connectivity index (χ1) is 14.8. The second-order valence-corrected chi connectivity index (χ2v) is 7.37.